The number of hydrogen-bond donors (Lipinski definition) is 1. The monoisotopic (exact) mass is 448 g/mol. The van der Waals surface area contributed by atoms with E-state index in [2.05, 4.69) is 28.9 Å². The Labute approximate surface area is 192 Å². The molecule has 2 aliphatic rings. The number of thioether (sulfide) groups is 1. The third-order valence-corrected chi connectivity index (χ3v) is 7.84. The average Bonchev–Trinajstić information content (AvgIpc) is 3.18. The van der Waals surface area contributed by atoms with Crippen LogP contribution in [-0.2, 0) is 16.1 Å². The van der Waals surface area contributed by atoms with E-state index in [-0.39, 0.29) is 17.7 Å². The predicted molar refractivity (Wildman–Crippen MR) is 128 cm³/mol. The first-order chi connectivity index (χ1) is 15.5. The Morgan fingerprint density at radius 3 is 2.84 bits per heavy atom. The van der Waals surface area contributed by atoms with Gasteiger partial charge < -0.3 is 14.8 Å². The summed E-state index contributed by atoms with van der Waals surface area (Å²) in [7, 11) is 0. The Morgan fingerprint density at radius 2 is 2.00 bits per heavy atom. The maximum atomic E-state index is 13.7. The summed E-state index contributed by atoms with van der Waals surface area (Å²) in [6.45, 7) is 6.10. The number of amides is 2. The Bertz CT molecular complexity index is 1190. The molecule has 1 saturated heterocycles. The van der Waals surface area contributed by atoms with Crippen LogP contribution in [0.3, 0.4) is 0 Å². The van der Waals surface area contributed by atoms with Crippen LogP contribution in [0.5, 0.6) is 0 Å². The van der Waals surface area contributed by atoms with Gasteiger partial charge in [-0.25, -0.2) is 4.98 Å². The largest absolute Gasteiger partial charge is 0.340 e. The summed E-state index contributed by atoms with van der Waals surface area (Å²) < 4.78 is 1.15. The van der Waals surface area contributed by atoms with E-state index >= 15 is 0 Å². The lowest BCUT2D eigenvalue weighted by molar-refractivity contribution is -0.138. The molecular weight excluding hydrogens is 420 g/mol. The second-order valence-electron chi connectivity index (χ2n) is 8.79. The van der Waals surface area contributed by atoms with Gasteiger partial charge in [0, 0.05) is 30.4 Å². The normalized spacial score (nSPS) is 23.1. The molecule has 166 valence electrons. The summed E-state index contributed by atoms with van der Waals surface area (Å²) in [5.41, 5.74) is 2.93. The molecule has 32 heavy (non-hydrogen) atoms. The quantitative estimate of drug-likeness (QED) is 0.590. The van der Waals surface area contributed by atoms with Gasteiger partial charge in [0.05, 0.1) is 16.7 Å². The Hall–Kier alpha value is -2.80. The fourth-order valence-electron chi connectivity index (χ4n) is 4.85. The molecule has 2 unspecified atom stereocenters. The van der Waals surface area contributed by atoms with Crippen molar-refractivity contribution in [3.8, 4) is 0 Å². The average molecular weight is 449 g/mol. The van der Waals surface area contributed by atoms with E-state index in [0.29, 0.717) is 13.1 Å². The third kappa shape index (κ3) is 3.48. The van der Waals surface area contributed by atoms with Crippen molar-refractivity contribution >= 4 is 40.3 Å². The topological polar surface area (TPSA) is 67.2 Å². The van der Waals surface area contributed by atoms with Crippen molar-refractivity contribution < 1.29 is 9.59 Å². The van der Waals surface area contributed by atoms with Gasteiger partial charge in [-0.1, -0.05) is 43.0 Å². The Balaban J connectivity index is 1.42. The van der Waals surface area contributed by atoms with Gasteiger partial charge in [-0.3, -0.25) is 9.59 Å². The van der Waals surface area contributed by atoms with Crippen molar-refractivity contribution in [1.82, 2.24) is 14.5 Å². The fourth-order valence-corrected chi connectivity index (χ4v) is 6.02. The molecule has 2 aromatic carbocycles. The van der Waals surface area contributed by atoms with Gasteiger partial charge in [0.15, 0.2) is 4.75 Å². The maximum Gasteiger partial charge on any atom is 0.250 e. The number of imidazole rings is 1. The Morgan fingerprint density at radius 1 is 1.22 bits per heavy atom. The van der Waals surface area contributed by atoms with E-state index in [1.165, 1.54) is 11.8 Å². The first-order valence-corrected chi connectivity index (χ1v) is 12.2. The standard InChI is InChI=1S/C25H28N4O2S/c1-3-14-29-20-12-6-4-10-18(20)26-22(29)17-9-8-15-28(16-17)24(31)25(2)23(30)27-19-11-5-7-13-21(19)32-25/h4-7,10-13,17H,3,8-9,14-16H2,1-2H3,(H,27,30). The van der Waals surface area contributed by atoms with E-state index in [1.807, 2.05) is 41.3 Å². The molecule has 1 aromatic heterocycles. The second kappa shape index (κ2) is 8.28. The highest BCUT2D eigenvalue weighted by molar-refractivity contribution is 8.02. The zero-order valence-corrected chi connectivity index (χ0v) is 19.3. The summed E-state index contributed by atoms with van der Waals surface area (Å²) in [4.78, 5) is 34.4. The number of aryl methyl sites for hydroxylation is 1. The van der Waals surface area contributed by atoms with Gasteiger partial charge in [-0.15, -0.1) is 0 Å². The molecule has 0 radical (unpaired) electrons. The zero-order chi connectivity index (χ0) is 22.3. The maximum absolute atomic E-state index is 13.7. The van der Waals surface area contributed by atoms with Crippen molar-refractivity contribution in [2.45, 2.75) is 55.2 Å². The number of fused-ring (bicyclic) bond motifs is 2. The highest BCUT2D eigenvalue weighted by Crippen LogP contribution is 2.44. The number of para-hydroxylation sites is 3. The number of hydrogen-bond acceptors (Lipinski definition) is 4. The SMILES string of the molecule is CCCn1c(C2CCCN(C(=O)C3(C)Sc4ccccc4NC3=O)C2)nc2ccccc21. The van der Waals surface area contributed by atoms with Gasteiger partial charge in [0.2, 0.25) is 11.8 Å². The molecule has 2 amide bonds. The van der Waals surface area contributed by atoms with Crippen LogP contribution in [0.15, 0.2) is 53.4 Å². The van der Waals surface area contributed by atoms with Gasteiger partial charge >= 0.3 is 0 Å². The molecule has 5 rings (SSSR count). The number of benzene rings is 2. The van der Waals surface area contributed by atoms with Gasteiger partial charge in [-0.05, 0) is 50.5 Å². The fraction of sp³-hybridized carbons (Fsp3) is 0.400. The van der Waals surface area contributed by atoms with Crippen LogP contribution >= 0.6 is 11.8 Å². The molecule has 2 aliphatic heterocycles. The van der Waals surface area contributed by atoms with Gasteiger partial charge in [0.1, 0.15) is 5.82 Å². The van der Waals surface area contributed by atoms with Crippen LogP contribution in [0.1, 0.15) is 44.9 Å². The molecule has 7 heteroatoms. The molecular formula is C25H28N4O2S. The summed E-state index contributed by atoms with van der Waals surface area (Å²) in [6, 6.07) is 15.9. The minimum absolute atomic E-state index is 0.114. The highest BCUT2D eigenvalue weighted by Gasteiger charge is 2.48. The van der Waals surface area contributed by atoms with Crippen molar-refractivity contribution in [2.24, 2.45) is 0 Å². The van der Waals surface area contributed by atoms with Gasteiger partial charge in [0.25, 0.3) is 0 Å². The minimum Gasteiger partial charge on any atom is -0.340 e. The summed E-state index contributed by atoms with van der Waals surface area (Å²) in [5, 5.41) is 2.93. The molecule has 0 spiro atoms. The number of carbonyl (C=O) groups excluding carboxylic acids is 2. The molecule has 1 fully saturated rings. The summed E-state index contributed by atoms with van der Waals surface area (Å²) >= 11 is 1.36. The molecule has 6 nitrogen and oxygen atoms in total. The Kier molecular flexibility index (Phi) is 5.45. The molecule has 0 bridgehead atoms. The van der Waals surface area contributed by atoms with E-state index in [4.69, 9.17) is 4.98 Å². The second-order valence-corrected chi connectivity index (χ2v) is 10.2. The van der Waals surface area contributed by atoms with Crippen molar-refractivity contribution in [3.05, 3.63) is 54.4 Å². The molecule has 3 aromatic rings. The number of piperidine rings is 1. The zero-order valence-electron chi connectivity index (χ0n) is 18.5. The van der Waals surface area contributed by atoms with Crippen LogP contribution in [0.2, 0.25) is 0 Å². The highest BCUT2D eigenvalue weighted by atomic mass is 32.2. The number of nitrogens with one attached hydrogen (secondary N) is 1. The van der Waals surface area contributed by atoms with Crippen LogP contribution in [0, 0.1) is 0 Å². The van der Waals surface area contributed by atoms with Crippen molar-refractivity contribution in [3.63, 3.8) is 0 Å². The predicted octanol–water partition coefficient (Wildman–Crippen LogP) is 4.66. The van der Waals surface area contributed by atoms with E-state index < -0.39 is 4.75 Å². The van der Waals surface area contributed by atoms with Crippen LogP contribution in [0.25, 0.3) is 11.0 Å². The molecule has 0 aliphatic carbocycles. The van der Waals surface area contributed by atoms with Crippen molar-refractivity contribution in [1.29, 1.82) is 0 Å². The first-order valence-electron chi connectivity index (χ1n) is 11.4. The number of nitrogens with zero attached hydrogens (tertiary/aromatic N) is 3. The molecule has 3 heterocycles. The van der Waals surface area contributed by atoms with E-state index in [0.717, 1.165) is 53.2 Å². The number of likely N-dealkylation sites (tertiary alicyclic amines) is 1. The summed E-state index contributed by atoms with van der Waals surface area (Å²) in [6.07, 6.45) is 2.93. The number of carbonyl (C=O) groups is 2. The minimum atomic E-state index is -1.17. The third-order valence-electron chi connectivity index (χ3n) is 6.50. The lowest BCUT2D eigenvalue weighted by Gasteiger charge is -2.39. The smallest absolute Gasteiger partial charge is 0.250 e. The first kappa shape index (κ1) is 21.1. The lowest BCUT2D eigenvalue weighted by Crippen LogP contribution is -2.55. The van der Waals surface area contributed by atoms with Crippen molar-refractivity contribution in [2.75, 3.05) is 18.4 Å². The van der Waals surface area contributed by atoms with Gasteiger partial charge in [-0.2, -0.15) is 0 Å². The summed E-state index contributed by atoms with van der Waals surface area (Å²) in [5.74, 6) is 0.866. The van der Waals surface area contributed by atoms with E-state index in [9.17, 15) is 9.59 Å². The lowest BCUT2D eigenvalue weighted by atomic mass is 9.95. The molecule has 2 atom stereocenters. The van der Waals surface area contributed by atoms with Crippen LogP contribution in [0.4, 0.5) is 5.69 Å². The number of rotatable bonds is 4. The molecule has 0 saturated carbocycles. The van der Waals surface area contributed by atoms with E-state index in [1.54, 1.807) is 6.92 Å². The van der Waals surface area contributed by atoms with Crippen LogP contribution in [-0.4, -0.2) is 44.1 Å². The number of anilines is 1. The van der Waals surface area contributed by atoms with Crippen LogP contribution < -0.4 is 5.32 Å². The number of aromatic nitrogens is 2. The molecule has 1 N–H and O–H groups in total.